The van der Waals surface area contributed by atoms with Crippen LogP contribution < -0.4 is 0 Å². The number of carbonyl (C=O) groups excluding carboxylic acids is 1. The highest BCUT2D eigenvalue weighted by molar-refractivity contribution is 6.60. The Morgan fingerprint density at radius 1 is 1.47 bits per heavy atom. The molecule has 2 bridgehead atoms. The number of ether oxygens (including phenoxy) is 1. The molecule has 0 saturated carbocycles. The van der Waals surface area contributed by atoms with Crippen molar-refractivity contribution in [1.29, 1.82) is 0 Å². The first-order valence-electron chi connectivity index (χ1n) is 6.65. The van der Waals surface area contributed by atoms with Crippen LogP contribution in [-0.4, -0.2) is 64.9 Å². The van der Waals surface area contributed by atoms with Gasteiger partial charge in [0.25, 0.3) is 0 Å². The average molecular weight is 287 g/mol. The molecule has 1 atom stereocenters. The van der Waals surface area contributed by atoms with Gasteiger partial charge in [-0.15, -0.1) is 0 Å². The Labute approximate surface area is 114 Å². The van der Waals surface area contributed by atoms with Gasteiger partial charge in [0.2, 0.25) is 0 Å². The van der Waals surface area contributed by atoms with Gasteiger partial charge in [0.1, 0.15) is 0 Å². The molecule has 3 heterocycles. The molecular weight excluding hydrogens is 266 g/mol. The maximum atomic E-state index is 11.2. The molecule has 19 heavy (non-hydrogen) atoms. The lowest BCUT2D eigenvalue weighted by Gasteiger charge is -2.41. The number of nitrogens with zero attached hydrogens (tertiary/aromatic N) is 1. The molecule has 7 heteroatoms. The summed E-state index contributed by atoms with van der Waals surface area (Å²) in [5, 5.41) is 0. The molecule has 3 aliphatic rings. The fourth-order valence-electron chi connectivity index (χ4n) is 2.19. The minimum Gasteiger partial charge on any atom is -0.458 e. The monoisotopic (exact) mass is 287 g/mol. The van der Waals surface area contributed by atoms with E-state index in [0.29, 0.717) is 13.2 Å². The fourth-order valence-corrected chi connectivity index (χ4v) is 4.52. The van der Waals surface area contributed by atoms with Gasteiger partial charge in [0.15, 0.2) is 6.23 Å². The lowest BCUT2D eigenvalue weighted by molar-refractivity contribution is -0.139. The second-order valence-electron chi connectivity index (χ2n) is 4.64. The molecular formula is C12H21NO5Si. The molecule has 0 aromatic carbocycles. The van der Waals surface area contributed by atoms with E-state index in [0.717, 1.165) is 32.1 Å². The number of hydrogen-bond donors (Lipinski definition) is 0. The van der Waals surface area contributed by atoms with Crippen LogP contribution in [0.25, 0.3) is 0 Å². The van der Waals surface area contributed by atoms with Crippen LogP contribution in [0.3, 0.4) is 0 Å². The summed E-state index contributed by atoms with van der Waals surface area (Å²) in [6, 6.07) is 0. The molecule has 0 N–H and O–H groups in total. The maximum Gasteiger partial charge on any atom is 0.541 e. The number of fused-ring (bicyclic) bond motifs is 6. The second kappa shape index (κ2) is 6.62. The maximum absolute atomic E-state index is 11.2. The summed E-state index contributed by atoms with van der Waals surface area (Å²) in [5.41, 5.74) is 0. The summed E-state index contributed by atoms with van der Waals surface area (Å²) >= 11 is 0. The Morgan fingerprint density at radius 3 is 2.74 bits per heavy atom. The number of rotatable bonds is 4. The zero-order valence-corrected chi connectivity index (χ0v) is 12.3. The molecule has 0 aromatic rings. The lowest BCUT2D eigenvalue weighted by atomic mass is 10.2. The van der Waals surface area contributed by atoms with Gasteiger partial charge in [-0.05, 0) is 6.42 Å². The van der Waals surface area contributed by atoms with E-state index in [2.05, 4.69) is 18.4 Å². The van der Waals surface area contributed by atoms with E-state index in [1.54, 1.807) is 0 Å². The third-order valence-electron chi connectivity index (χ3n) is 3.28. The standard InChI is InChI=1S/C12H21NO5Si/c1-3-11-9-13-5-7-16-19(18-11,17-8-6-13)10-15-12(14)4-2/h4,11H,2-3,5-10H2,1H3. The van der Waals surface area contributed by atoms with E-state index in [9.17, 15) is 4.79 Å². The number of carbonyl (C=O) groups is 1. The number of esters is 1. The molecule has 3 fully saturated rings. The highest BCUT2D eigenvalue weighted by Crippen LogP contribution is 2.21. The van der Waals surface area contributed by atoms with Crippen LogP contribution in [-0.2, 0) is 22.8 Å². The van der Waals surface area contributed by atoms with Crippen LogP contribution in [0.4, 0.5) is 0 Å². The Balaban J connectivity index is 2.07. The molecule has 1 unspecified atom stereocenters. The molecule has 0 amide bonds. The summed E-state index contributed by atoms with van der Waals surface area (Å²) in [7, 11) is -2.91. The first-order chi connectivity index (χ1) is 9.17. The van der Waals surface area contributed by atoms with Crippen molar-refractivity contribution >= 4 is 14.8 Å². The molecule has 3 saturated heterocycles. The quantitative estimate of drug-likeness (QED) is 0.422. The van der Waals surface area contributed by atoms with Crippen molar-refractivity contribution in [3.05, 3.63) is 12.7 Å². The molecule has 0 aromatic heterocycles. The molecule has 0 spiro atoms. The summed E-state index contributed by atoms with van der Waals surface area (Å²) in [6.07, 6.45) is 2.15. The largest absolute Gasteiger partial charge is 0.541 e. The van der Waals surface area contributed by atoms with E-state index >= 15 is 0 Å². The van der Waals surface area contributed by atoms with Gasteiger partial charge in [-0.2, -0.15) is 0 Å². The van der Waals surface area contributed by atoms with Crippen molar-refractivity contribution in [3.63, 3.8) is 0 Å². The lowest BCUT2D eigenvalue weighted by Crippen LogP contribution is -2.60. The zero-order chi connectivity index (χ0) is 13.7. The molecule has 108 valence electrons. The van der Waals surface area contributed by atoms with Crippen LogP contribution in [0.2, 0.25) is 0 Å². The molecule has 6 nitrogen and oxygen atoms in total. The average Bonchev–Trinajstić information content (AvgIpc) is 2.36. The summed E-state index contributed by atoms with van der Waals surface area (Å²) in [4.78, 5) is 13.5. The van der Waals surface area contributed by atoms with Crippen molar-refractivity contribution in [2.24, 2.45) is 0 Å². The van der Waals surface area contributed by atoms with Gasteiger partial charge in [0.05, 0.1) is 19.3 Å². The van der Waals surface area contributed by atoms with Crippen LogP contribution in [0.15, 0.2) is 12.7 Å². The third kappa shape index (κ3) is 3.87. The highest BCUT2D eigenvalue weighted by Gasteiger charge is 2.48. The minimum absolute atomic E-state index is 0.0638. The van der Waals surface area contributed by atoms with Crippen LogP contribution in [0, 0.1) is 0 Å². The van der Waals surface area contributed by atoms with E-state index in [4.69, 9.17) is 18.0 Å². The fraction of sp³-hybridized carbons (Fsp3) is 0.750. The van der Waals surface area contributed by atoms with Gasteiger partial charge in [-0.25, -0.2) is 4.79 Å². The topological polar surface area (TPSA) is 57.2 Å². The van der Waals surface area contributed by atoms with E-state index in [-0.39, 0.29) is 12.3 Å². The predicted molar refractivity (Wildman–Crippen MR) is 70.4 cm³/mol. The van der Waals surface area contributed by atoms with Crippen molar-refractivity contribution in [2.75, 3.05) is 39.1 Å². The third-order valence-corrected chi connectivity index (χ3v) is 5.76. The smallest absolute Gasteiger partial charge is 0.458 e. The van der Waals surface area contributed by atoms with Crippen LogP contribution >= 0.6 is 0 Å². The molecule has 0 radical (unpaired) electrons. The van der Waals surface area contributed by atoms with Gasteiger partial charge in [-0.1, -0.05) is 13.5 Å². The SMILES string of the molecule is C=CC(=O)OC[Si]12OCCN(CCO1)CC(CC)O2. The van der Waals surface area contributed by atoms with E-state index in [1.807, 2.05) is 0 Å². The van der Waals surface area contributed by atoms with Crippen molar-refractivity contribution in [2.45, 2.75) is 19.4 Å². The number of hydrogen-bond acceptors (Lipinski definition) is 6. The zero-order valence-electron chi connectivity index (χ0n) is 11.3. The second-order valence-corrected chi connectivity index (χ2v) is 7.11. The molecule has 0 aliphatic carbocycles. The first-order valence-corrected chi connectivity index (χ1v) is 8.58. The van der Waals surface area contributed by atoms with Crippen LogP contribution in [0.1, 0.15) is 13.3 Å². The minimum atomic E-state index is -2.91. The van der Waals surface area contributed by atoms with Crippen molar-refractivity contribution < 1.29 is 22.8 Å². The normalized spacial score (nSPS) is 35.0. The Hall–Kier alpha value is -0.733. The Bertz CT molecular complexity index is 328. The molecule has 3 rings (SSSR count). The first kappa shape index (κ1) is 14.7. The van der Waals surface area contributed by atoms with E-state index in [1.165, 1.54) is 0 Å². The predicted octanol–water partition coefficient (Wildman–Crippen LogP) is 0.351. The summed E-state index contributed by atoms with van der Waals surface area (Å²) < 4.78 is 22.8. The van der Waals surface area contributed by atoms with Crippen LogP contribution in [0.5, 0.6) is 0 Å². The Kier molecular flexibility index (Phi) is 5.11. The molecule has 3 aliphatic heterocycles. The Morgan fingerprint density at radius 2 is 2.16 bits per heavy atom. The van der Waals surface area contributed by atoms with Gasteiger partial charge in [0, 0.05) is 25.7 Å². The summed E-state index contributed by atoms with van der Waals surface area (Å²) in [5.74, 6) is -0.475. The van der Waals surface area contributed by atoms with E-state index < -0.39 is 14.8 Å². The van der Waals surface area contributed by atoms with Gasteiger partial charge >= 0.3 is 14.8 Å². The van der Waals surface area contributed by atoms with Crippen molar-refractivity contribution in [1.82, 2.24) is 4.90 Å². The van der Waals surface area contributed by atoms with Gasteiger partial charge < -0.3 is 18.0 Å². The van der Waals surface area contributed by atoms with Gasteiger partial charge in [-0.3, -0.25) is 4.90 Å². The highest BCUT2D eigenvalue weighted by atomic mass is 28.4. The summed E-state index contributed by atoms with van der Waals surface area (Å²) in [6.45, 7) is 9.17. The van der Waals surface area contributed by atoms with Crippen molar-refractivity contribution in [3.8, 4) is 0 Å².